The van der Waals surface area contributed by atoms with Crippen LogP contribution in [0.4, 0.5) is 0 Å². The van der Waals surface area contributed by atoms with Crippen molar-refractivity contribution in [3.05, 3.63) is 83.4 Å². The van der Waals surface area contributed by atoms with E-state index in [4.69, 9.17) is 0 Å². The molecule has 122 valence electrons. The minimum absolute atomic E-state index is 0.0449. The summed E-state index contributed by atoms with van der Waals surface area (Å²) in [5, 5.41) is 9.30. The van der Waals surface area contributed by atoms with E-state index in [1.54, 1.807) is 0 Å². The summed E-state index contributed by atoms with van der Waals surface area (Å²) in [4.78, 5) is 11.3. The topological polar surface area (TPSA) is 37.3 Å². The lowest BCUT2D eigenvalue weighted by Crippen LogP contribution is -2.09. The summed E-state index contributed by atoms with van der Waals surface area (Å²) in [6.45, 7) is 2.09. The molecular formula is C22H22O2. The van der Waals surface area contributed by atoms with Gasteiger partial charge in [-0.15, -0.1) is 0 Å². The molecule has 0 saturated carbocycles. The summed E-state index contributed by atoms with van der Waals surface area (Å²) in [6, 6.07) is 18.6. The first-order valence-electron chi connectivity index (χ1n) is 8.39. The third-order valence-electron chi connectivity index (χ3n) is 4.51. The van der Waals surface area contributed by atoms with Gasteiger partial charge in [0.2, 0.25) is 0 Å². The normalized spacial score (nSPS) is 17.6. The third-order valence-corrected chi connectivity index (χ3v) is 4.51. The van der Waals surface area contributed by atoms with E-state index in [0.29, 0.717) is 0 Å². The van der Waals surface area contributed by atoms with E-state index >= 15 is 0 Å². The second-order valence-corrected chi connectivity index (χ2v) is 6.37. The molecule has 0 bridgehead atoms. The fourth-order valence-electron chi connectivity index (χ4n) is 3.34. The molecule has 0 amide bonds. The molecule has 2 heteroatoms. The maximum atomic E-state index is 11.3. The largest absolute Gasteiger partial charge is 0.481 e. The van der Waals surface area contributed by atoms with E-state index in [0.717, 1.165) is 24.0 Å². The summed E-state index contributed by atoms with van der Waals surface area (Å²) >= 11 is 0. The highest BCUT2D eigenvalue weighted by Gasteiger charge is 2.21. The average Bonchev–Trinajstić information content (AvgIpc) is 2.78. The minimum Gasteiger partial charge on any atom is -0.481 e. The number of hydrogen-bond donors (Lipinski definition) is 1. The number of aliphatic carboxylic acids is 1. The van der Waals surface area contributed by atoms with Crippen molar-refractivity contribution >= 4 is 17.1 Å². The number of benzene rings is 2. The minimum atomic E-state index is -0.735. The maximum Gasteiger partial charge on any atom is 0.303 e. The molecule has 1 aliphatic carbocycles. The van der Waals surface area contributed by atoms with Crippen molar-refractivity contribution in [1.29, 1.82) is 0 Å². The quantitative estimate of drug-likeness (QED) is 0.825. The molecule has 2 aromatic rings. The lowest BCUT2D eigenvalue weighted by atomic mass is 9.86. The van der Waals surface area contributed by atoms with Gasteiger partial charge in [0.25, 0.3) is 0 Å². The first kappa shape index (κ1) is 16.3. The highest BCUT2D eigenvalue weighted by molar-refractivity contribution is 5.86. The number of aryl methyl sites for hydroxylation is 1. The van der Waals surface area contributed by atoms with Crippen LogP contribution in [-0.2, 0) is 4.79 Å². The average molecular weight is 318 g/mol. The Kier molecular flexibility index (Phi) is 4.95. The number of carboxylic acid groups (broad SMARTS) is 1. The lowest BCUT2D eigenvalue weighted by Gasteiger charge is -2.18. The van der Waals surface area contributed by atoms with Crippen molar-refractivity contribution in [3.63, 3.8) is 0 Å². The van der Waals surface area contributed by atoms with Crippen LogP contribution in [0.15, 0.2) is 66.7 Å². The predicted molar refractivity (Wildman–Crippen MR) is 98.6 cm³/mol. The Bertz CT molecular complexity index is 785. The van der Waals surface area contributed by atoms with E-state index in [9.17, 15) is 9.90 Å². The highest BCUT2D eigenvalue weighted by atomic mass is 16.4. The Morgan fingerprint density at radius 2 is 1.83 bits per heavy atom. The first-order chi connectivity index (χ1) is 11.6. The van der Waals surface area contributed by atoms with Crippen molar-refractivity contribution < 1.29 is 9.90 Å². The molecule has 0 heterocycles. The van der Waals surface area contributed by atoms with E-state index < -0.39 is 5.97 Å². The van der Waals surface area contributed by atoms with Gasteiger partial charge in [0, 0.05) is 0 Å². The van der Waals surface area contributed by atoms with Crippen molar-refractivity contribution in [3.8, 4) is 0 Å². The number of allylic oxidation sites excluding steroid dienone is 4. The van der Waals surface area contributed by atoms with Gasteiger partial charge in [0.1, 0.15) is 0 Å². The Hall–Kier alpha value is -2.61. The summed E-state index contributed by atoms with van der Waals surface area (Å²) in [5.41, 5.74) is 5.85. The first-order valence-corrected chi connectivity index (χ1v) is 8.39. The smallest absolute Gasteiger partial charge is 0.303 e. The lowest BCUT2D eigenvalue weighted by molar-refractivity contribution is -0.137. The van der Waals surface area contributed by atoms with Gasteiger partial charge in [-0.05, 0) is 48.0 Å². The van der Waals surface area contributed by atoms with Crippen LogP contribution in [0.1, 0.15) is 36.0 Å². The molecule has 1 aliphatic rings. The molecule has 0 saturated heterocycles. The zero-order chi connectivity index (χ0) is 16.9. The van der Waals surface area contributed by atoms with Gasteiger partial charge >= 0.3 is 5.97 Å². The molecule has 1 atom stereocenters. The Labute approximate surface area is 143 Å². The van der Waals surface area contributed by atoms with Crippen molar-refractivity contribution in [1.82, 2.24) is 0 Å². The second-order valence-electron chi connectivity index (χ2n) is 6.37. The fraction of sp³-hybridized carbons (Fsp3) is 0.227. The fourth-order valence-corrected chi connectivity index (χ4v) is 3.34. The van der Waals surface area contributed by atoms with E-state index in [1.807, 2.05) is 18.2 Å². The van der Waals surface area contributed by atoms with Crippen LogP contribution in [0, 0.1) is 12.8 Å². The molecule has 1 N–H and O–H groups in total. The van der Waals surface area contributed by atoms with Gasteiger partial charge in [-0.2, -0.15) is 0 Å². The summed E-state index contributed by atoms with van der Waals surface area (Å²) in [6.07, 6.45) is 6.36. The standard InChI is InChI=1S/C22H22O2/c1-16-7-5-10-18(13-16)19-11-6-12-20(15-22(23)24)21(14-19)17-8-3-2-4-9-17/h2-5,7-11,13-14,20H,6,12,15H2,1H3,(H,23,24). The Morgan fingerprint density at radius 1 is 1.08 bits per heavy atom. The molecule has 3 rings (SSSR count). The van der Waals surface area contributed by atoms with Gasteiger partial charge in [0.05, 0.1) is 6.42 Å². The number of hydrogen-bond acceptors (Lipinski definition) is 1. The van der Waals surface area contributed by atoms with Crippen LogP contribution < -0.4 is 0 Å². The third kappa shape index (κ3) is 3.83. The molecule has 24 heavy (non-hydrogen) atoms. The zero-order valence-electron chi connectivity index (χ0n) is 13.9. The SMILES string of the molecule is Cc1cccc(C2=CCCC(CC(=O)O)C(c3ccccc3)=C2)c1. The molecule has 0 aliphatic heterocycles. The summed E-state index contributed by atoms with van der Waals surface area (Å²) in [7, 11) is 0. The molecule has 0 aromatic heterocycles. The number of rotatable bonds is 4. The van der Waals surface area contributed by atoms with Crippen LogP contribution in [0.5, 0.6) is 0 Å². The molecule has 0 radical (unpaired) electrons. The monoisotopic (exact) mass is 318 g/mol. The number of carbonyl (C=O) groups is 1. The van der Waals surface area contributed by atoms with Crippen molar-refractivity contribution in [2.75, 3.05) is 0 Å². The van der Waals surface area contributed by atoms with Gasteiger partial charge in [-0.1, -0.05) is 72.3 Å². The van der Waals surface area contributed by atoms with E-state index in [-0.39, 0.29) is 12.3 Å². The van der Waals surface area contributed by atoms with Gasteiger partial charge in [-0.3, -0.25) is 4.79 Å². The number of carboxylic acids is 1. The second kappa shape index (κ2) is 7.31. The maximum absolute atomic E-state index is 11.3. The Balaban J connectivity index is 2.05. The van der Waals surface area contributed by atoms with Crippen LogP contribution in [-0.4, -0.2) is 11.1 Å². The summed E-state index contributed by atoms with van der Waals surface area (Å²) < 4.78 is 0. The van der Waals surface area contributed by atoms with Crippen LogP contribution in [0.25, 0.3) is 11.1 Å². The van der Waals surface area contributed by atoms with E-state index in [2.05, 4.69) is 55.5 Å². The predicted octanol–water partition coefficient (Wildman–Crippen LogP) is 5.35. The van der Waals surface area contributed by atoms with Gasteiger partial charge < -0.3 is 5.11 Å². The Morgan fingerprint density at radius 3 is 2.54 bits per heavy atom. The highest BCUT2D eigenvalue weighted by Crippen LogP contribution is 2.36. The van der Waals surface area contributed by atoms with Gasteiger partial charge in [0.15, 0.2) is 0 Å². The molecule has 0 spiro atoms. The molecule has 0 fully saturated rings. The molecular weight excluding hydrogens is 296 g/mol. The molecule has 1 unspecified atom stereocenters. The molecule has 2 aromatic carbocycles. The van der Waals surface area contributed by atoms with Crippen molar-refractivity contribution in [2.45, 2.75) is 26.2 Å². The van der Waals surface area contributed by atoms with Crippen molar-refractivity contribution in [2.24, 2.45) is 5.92 Å². The molecule has 2 nitrogen and oxygen atoms in total. The van der Waals surface area contributed by atoms with E-state index in [1.165, 1.54) is 16.7 Å². The zero-order valence-corrected chi connectivity index (χ0v) is 13.9. The van der Waals surface area contributed by atoms with Crippen LogP contribution in [0.3, 0.4) is 0 Å². The van der Waals surface area contributed by atoms with Gasteiger partial charge in [-0.25, -0.2) is 0 Å². The van der Waals surface area contributed by atoms with Crippen LogP contribution >= 0.6 is 0 Å². The van der Waals surface area contributed by atoms with Crippen LogP contribution in [0.2, 0.25) is 0 Å². The summed E-state index contributed by atoms with van der Waals surface area (Å²) in [5.74, 6) is -0.690.